The Labute approximate surface area is 99.4 Å². The minimum Gasteiger partial charge on any atom is -0.483 e. The summed E-state index contributed by atoms with van der Waals surface area (Å²) in [6.45, 7) is 3.20. The van der Waals surface area contributed by atoms with Gasteiger partial charge in [-0.15, -0.1) is 0 Å². The normalized spacial score (nSPS) is 9.76. The van der Waals surface area contributed by atoms with Crippen molar-refractivity contribution in [2.75, 3.05) is 13.2 Å². The van der Waals surface area contributed by atoms with Crippen LogP contribution in [-0.2, 0) is 9.59 Å². The molecule has 1 aromatic rings. The van der Waals surface area contributed by atoms with E-state index in [0.717, 1.165) is 11.1 Å². The zero-order valence-corrected chi connectivity index (χ0v) is 9.82. The molecular formula is C12H15NO4. The van der Waals surface area contributed by atoms with Crippen LogP contribution >= 0.6 is 0 Å². The average Bonchev–Trinajstić information content (AvgIpc) is 2.25. The SMILES string of the molecule is Cc1cccc(C)c1OCC(=O)NCC(=O)O. The van der Waals surface area contributed by atoms with Gasteiger partial charge in [-0.2, -0.15) is 0 Å². The Bertz CT molecular complexity index is 408. The van der Waals surface area contributed by atoms with Gasteiger partial charge < -0.3 is 15.2 Å². The molecule has 1 aromatic carbocycles. The van der Waals surface area contributed by atoms with Gasteiger partial charge in [-0.3, -0.25) is 9.59 Å². The molecule has 0 fully saturated rings. The number of aryl methyl sites for hydroxylation is 2. The molecule has 0 bridgehead atoms. The van der Waals surface area contributed by atoms with Crippen LogP contribution < -0.4 is 10.1 Å². The van der Waals surface area contributed by atoms with E-state index in [1.165, 1.54) is 0 Å². The van der Waals surface area contributed by atoms with Gasteiger partial charge in [0.15, 0.2) is 6.61 Å². The fraction of sp³-hybridized carbons (Fsp3) is 0.333. The number of amides is 1. The lowest BCUT2D eigenvalue weighted by molar-refractivity contribution is -0.138. The minimum atomic E-state index is -1.08. The Morgan fingerprint density at radius 3 is 2.41 bits per heavy atom. The van der Waals surface area contributed by atoms with Gasteiger partial charge in [-0.1, -0.05) is 18.2 Å². The summed E-state index contributed by atoms with van der Waals surface area (Å²) in [5.41, 5.74) is 1.88. The third-order valence-corrected chi connectivity index (χ3v) is 2.19. The van der Waals surface area contributed by atoms with Crippen molar-refractivity contribution in [3.8, 4) is 5.75 Å². The molecule has 0 spiro atoms. The molecule has 5 heteroatoms. The number of rotatable bonds is 5. The molecule has 0 atom stereocenters. The molecule has 0 saturated carbocycles. The second kappa shape index (κ2) is 5.89. The number of carboxylic acids is 1. The van der Waals surface area contributed by atoms with Crippen LogP contribution in [0.15, 0.2) is 18.2 Å². The molecule has 0 aliphatic carbocycles. The number of carboxylic acid groups (broad SMARTS) is 1. The molecular weight excluding hydrogens is 222 g/mol. The highest BCUT2D eigenvalue weighted by Gasteiger charge is 2.07. The van der Waals surface area contributed by atoms with Crippen LogP contribution in [0.2, 0.25) is 0 Å². The van der Waals surface area contributed by atoms with Gasteiger partial charge in [-0.25, -0.2) is 0 Å². The summed E-state index contributed by atoms with van der Waals surface area (Å²) in [5, 5.41) is 10.6. The molecule has 92 valence electrons. The molecule has 0 unspecified atom stereocenters. The minimum absolute atomic E-state index is 0.182. The lowest BCUT2D eigenvalue weighted by atomic mass is 10.1. The number of ether oxygens (including phenoxy) is 1. The van der Waals surface area contributed by atoms with Crippen molar-refractivity contribution < 1.29 is 19.4 Å². The molecule has 0 aliphatic rings. The molecule has 0 radical (unpaired) electrons. The second-order valence-electron chi connectivity index (χ2n) is 3.68. The molecule has 0 aliphatic heterocycles. The summed E-state index contributed by atoms with van der Waals surface area (Å²) in [4.78, 5) is 21.5. The second-order valence-corrected chi connectivity index (χ2v) is 3.68. The zero-order chi connectivity index (χ0) is 12.8. The van der Waals surface area contributed by atoms with Gasteiger partial charge >= 0.3 is 5.97 Å². The lowest BCUT2D eigenvalue weighted by Gasteiger charge is -2.11. The predicted molar refractivity (Wildman–Crippen MR) is 62.1 cm³/mol. The van der Waals surface area contributed by atoms with E-state index in [0.29, 0.717) is 5.75 Å². The summed E-state index contributed by atoms with van der Waals surface area (Å²) in [5.74, 6) is -0.863. The average molecular weight is 237 g/mol. The van der Waals surface area contributed by atoms with Gasteiger partial charge in [0.2, 0.25) is 0 Å². The summed E-state index contributed by atoms with van der Waals surface area (Å²) in [6.07, 6.45) is 0. The first kappa shape index (κ1) is 13.0. The number of carbonyl (C=O) groups is 2. The van der Waals surface area contributed by atoms with Crippen molar-refractivity contribution in [3.63, 3.8) is 0 Å². The van der Waals surface area contributed by atoms with Crippen molar-refractivity contribution in [2.24, 2.45) is 0 Å². The van der Waals surface area contributed by atoms with Gasteiger partial charge in [0, 0.05) is 0 Å². The first-order valence-electron chi connectivity index (χ1n) is 5.18. The van der Waals surface area contributed by atoms with E-state index >= 15 is 0 Å². The van der Waals surface area contributed by atoms with Crippen molar-refractivity contribution in [1.29, 1.82) is 0 Å². The zero-order valence-electron chi connectivity index (χ0n) is 9.82. The maximum absolute atomic E-state index is 11.2. The molecule has 5 nitrogen and oxygen atoms in total. The van der Waals surface area contributed by atoms with E-state index in [-0.39, 0.29) is 6.61 Å². The van der Waals surface area contributed by atoms with Crippen LogP contribution in [0.25, 0.3) is 0 Å². The summed E-state index contributed by atoms with van der Waals surface area (Å²) >= 11 is 0. The topological polar surface area (TPSA) is 75.6 Å². The van der Waals surface area contributed by atoms with Crippen LogP contribution in [-0.4, -0.2) is 30.1 Å². The third kappa shape index (κ3) is 4.14. The monoisotopic (exact) mass is 237 g/mol. The van der Waals surface area contributed by atoms with Crippen molar-refractivity contribution in [1.82, 2.24) is 5.32 Å². The van der Waals surface area contributed by atoms with E-state index in [2.05, 4.69) is 5.32 Å². The largest absolute Gasteiger partial charge is 0.483 e. The number of benzene rings is 1. The van der Waals surface area contributed by atoms with Gasteiger partial charge in [-0.05, 0) is 25.0 Å². The quantitative estimate of drug-likeness (QED) is 0.797. The molecule has 1 rings (SSSR count). The Morgan fingerprint density at radius 2 is 1.88 bits per heavy atom. The molecule has 0 saturated heterocycles. The maximum atomic E-state index is 11.2. The maximum Gasteiger partial charge on any atom is 0.322 e. The van der Waals surface area contributed by atoms with E-state index < -0.39 is 18.4 Å². The summed E-state index contributed by atoms with van der Waals surface area (Å²) < 4.78 is 5.36. The highest BCUT2D eigenvalue weighted by molar-refractivity contribution is 5.82. The number of hydrogen-bond acceptors (Lipinski definition) is 3. The third-order valence-electron chi connectivity index (χ3n) is 2.19. The van der Waals surface area contributed by atoms with Crippen molar-refractivity contribution >= 4 is 11.9 Å². The predicted octanol–water partition coefficient (Wildman–Crippen LogP) is 0.883. The standard InChI is InChI=1S/C12H15NO4/c1-8-4-3-5-9(2)12(8)17-7-10(14)13-6-11(15)16/h3-5H,6-7H2,1-2H3,(H,13,14)(H,15,16). The van der Waals surface area contributed by atoms with Crippen LogP contribution in [0.3, 0.4) is 0 Å². The van der Waals surface area contributed by atoms with Gasteiger partial charge in [0.1, 0.15) is 12.3 Å². The van der Waals surface area contributed by atoms with Crippen molar-refractivity contribution in [2.45, 2.75) is 13.8 Å². The van der Waals surface area contributed by atoms with E-state index in [4.69, 9.17) is 9.84 Å². The molecule has 0 aromatic heterocycles. The van der Waals surface area contributed by atoms with E-state index in [9.17, 15) is 9.59 Å². The summed E-state index contributed by atoms with van der Waals surface area (Å²) in [6, 6.07) is 5.68. The van der Waals surface area contributed by atoms with Crippen LogP contribution in [0, 0.1) is 13.8 Å². The first-order valence-corrected chi connectivity index (χ1v) is 5.18. The number of nitrogens with one attached hydrogen (secondary N) is 1. The number of aliphatic carboxylic acids is 1. The molecule has 1 amide bonds. The van der Waals surface area contributed by atoms with Crippen LogP contribution in [0.4, 0.5) is 0 Å². The Kier molecular flexibility index (Phi) is 4.51. The van der Waals surface area contributed by atoms with Gasteiger partial charge in [0.25, 0.3) is 5.91 Å². The Balaban J connectivity index is 2.50. The smallest absolute Gasteiger partial charge is 0.322 e. The van der Waals surface area contributed by atoms with E-state index in [1.807, 2.05) is 32.0 Å². The Morgan fingerprint density at radius 1 is 1.29 bits per heavy atom. The molecule has 2 N–H and O–H groups in total. The number of hydrogen-bond donors (Lipinski definition) is 2. The van der Waals surface area contributed by atoms with Crippen molar-refractivity contribution in [3.05, 3.63) is 29.3 Å². The van der Waals surface area contributed by atoms with Crippen LogP contribution in [0.1, 0.15) is 11.1 Å². The van der Waals surface area contributed by atoms with Gasteiger partial charge in [0.05, 0.1) is 0 Å². The number of para-hydroxylation sites is 1. The molecule has 0 heterocycles. The van der Waals surface area contributed by atoms with E-state index in [1.54, 1.807) is 0 Å². The highest BCUT2D eigenvalue weighted by atomic mass is 16.5. The highest BCUT2D eigenvalue weighted by Crippen LogP contribution is 2.21. The fourth-order valence-electron chi connectivity index (χ4n) is 1.39. The van der Waals surface area contributed by atoms with Crippen LogP contribution in [0.5, 0.6) is 5.75 Å². The first-order chi connectivity index (χ1) is 8.00. The fourth-order valence-corrected chi connectivity index (χ4v) is 1.39. The molecule has 17 heavy (non-hydrogen) atoms. The number of carbonyl (C=O) groups excluding carboxylic acids is 1. The Hall–Kier alpha value is -2.04. The summed E-state index contributed by atoms with van der Waals surface area (Å²) in [7, 11) is 0. The lowest BCUT2D eigenvalue weighted by Crippen LogP contribution is -2.33.